The van der Waals surface area contributed by atoms with E-state index in [2.05, 4.69) is 11.4 Å². The number of hydrogen-bond donors (Lipinski definition) is 1. The lowest BCUT2D eigenvalue weighted by Gasteiger charge is -2.16. The van der Waals surface area contributed by atoms with Gasteiger partial charge in [0.15, 0.2) is 0 Å². The summed E-state index contributed by atoms with van der Waals surface area (Å²) in [4.78, 5) is 0. The van der Waals surface area contributed by atoms with Crippen molar-refractivity contribution in [1.82, 2.24) is 5.32 Å². The Morgan fingerprint density at radius 1 is 1.32 bits per heavy atom. The summed E-state index contributed by atoms with van der Waals surface area (Å²) < 4.78 is 37.7. The second-order valence-electron chi connectivity index (χ2n) is 4.85. The van der Waals surface area contributed by atoms with Crippen LogP contribution in [0, 0.1) is 17.2 Å². The summed E-state index contributed by atoms with van der Waals surface area (Å²) in [6.07, 6.45) is -1.52. The molecule has 1 aliphatic rings. The normalized spacial score (nSPS) is 23.3. The Bertz CT molecular complexity index is 476. The number of nitriles is 1. The van der Waals surface area contributed by atoms with Gasteiger partial charge in [0.2, 0.25) is 0 Å². The number of nitrogens with one attached hydrogen (secondary N) is 1. The molecule has 1 fully saturated rings. The molecule has 0 saturated heterocycles. The predicted molar refractivity (Wildman–Crippen MR) is 65.0 cm³/mol. The number of benzene rings is 1. The minimum Gasteiger partial charge on any atom is -0.309 e. The minimum atomic E-state index is -4.31. The third-order valence-electron chi connectivity index (χ3n) is 3.50. The van der Waals surface area contributed by atoms with E-state index >= 15 is 0 Å². The Kier molecular flexibility index (Phi) is 4.11. The largest absolute Gasteiger partial charge is 0.416 e. The highest BCUT2D eigenvalue weighted by atomic mass is 19.4. The Morgan fingerprint density at radius 3 is 2.79 bits per heavy atom. The Morgan fingerprint density at radius 2 is 2.11 bits per heavy atom. The summed E-state index contributed by atoms with van der Waals surface area (Å²) in [5.41, 5.74) is -0.0338. The maximum Gasteiger partial charge on any atom is 0.416 e. The molecule has 0 heterocycles. The molecule has 0 aromatic heterocycles. The summed E-state index contributed by atoms with van der Waals surface area (Å²) in [6.45, 7) is 0.368. The van der Waals surface area contributed by atoms with Gasteiger partial charge in [-0.1, -0.05) is 24.6 Å². The van der Waals surface area contributed by atoms with Crippen molar-refractivity contribution in [1.29, 1.82) is 5.26 Å². The number of nitrogens with zero attached hydrogens (tertiary/aromatic N) is 1. The van der Waals surface area contributed by atoms with E-state index in [-0.39, 0.29) is 12.0 Å². The third kappa shape index (κ3) is 3.48. The van der Waals surface area contributed by atoms with Crippen LogP contribution in [-0.2, 0) is 12.7 Å². The number of alkyl halides is 3. The molecule has 0 amide bonds. The monoisotopic (exact) mass is 268 g/mol. The van der Waals surface area contributed by atoms with E-state index in [9.17, 15) is 13.2 Å². The highest BCUT2D eigenvalue weighted by molar-refractivity contribution is 5.25. The first-order valence-electron chi connectivity index (χ1n) is 6.30. The third-order valence-corrected chi connectivity index (χ3v) is 3.50. The minimum absolute atomic E-state index is 0.0224. The van der Waals surface area contributed by atoms with Crippen LogP contribution in [0.4, 0.5) is 13.2 Å². The first-order chi connectivity index (χ1) is 9.00. The van der Waals surface area contributed by atoms with Gasteiger partial charge in [-0.2, -0.15) is 18.4 Å². The molecule has 2 nitrogen and oxygen atoms in total. The van der Waals surface area contributed by atoms with Crippen molar-refractivity contribution in [3.63, 3.8) is 0 Å². The molecule has 1 aliphatic carbocycles. The predicted octanol–water partition coefficient (Wildman–Crippen LogP) is 3.49. The van der Waals surface area contributed by atoms with Gasteiger partial charge >= 0.3 is 6.18 Å². The van der Waals surface area contributed by atoms with Crippen molar-refractivity contribution in [2.45, 2.75) is 38.0 Å². The van der Waals surface area contributed by atoms with Crippen molar-refractivity contribution in [3.05, 3.63) is 35.4 Å². The van der Waals surface area contributed by atoms with Gasteiger partial charge in [0, 0.05) is 12.6 Å². The molecule has 102 valence electrons. The smallest absolute Gasteiger partial charge is 0.309 e. The molecule has 1 aromatic rings. The topological polar surface area (TPSA) is 35.8 Å². The molecule has 1 N–H and O–H groups in total. The molecule has 1 saturated carbocycles. The molecular weight excluding hydrogens is 253 g/mol. The highest BCUT2D eigenvalue weighted by Crippen LogP contribution is 2.30. The van der Waals surface area contributed by atoms with E-state index in [1.807, 2.05) is 0 Å². The SMILES string of the molecule is N#CC1CCCC1NCc1cccc(C(F)(F)F)c1. The molecule has 2 rings (SSSR count). The van der Waals surface area contributed by atoms with Crippen molar-refractivity contribution in [2.75, 3.05) is 0 Å². The van der Waals surface area contributed by atoms with Crippen LogP contribution in [0.2, 0.25) is 0 Å². The Labute approximate surface area is 110 Å². The highest BCUT2D eigenvalue weighted by Gasteiger charge is 2.30. The summed E-state index contributed by atoms with van der Waals surface area (Å²) >= 11 is 0. The van der Waals surface area contributed by atoms with E-state index in [0.717, 1.165) is 31.4 Å². The van der Waals surface area contributed by atoms with Gasteiger partial charge in [-0.3, -0.25) is 0 Å². The van der Waals surface area contributed by atoms with Crippen LogP contribution in [0.5, 0.6) is 0 Å². The quantitative estimate of drug-likeness (QED) is 0.910. The van der Waals surface area contributed by atoms with Crippen LogP contribution in [-0.4, -0.2) is 6.04 Å². The van der Waals surface area contributed by atoms with Crippen LogP contribution >= 0.6 is 0 Å². The van der Waals surface area contributed by atoms with Gasteiger partial charge in [0.05, 0.1) is 17.6 Å². The molecule has 19 heavy (non-hydrogen) atoms. The van der Waals surface area contributed by atoms with E-state index in [0.29, 0.717) is 12.1 Å². The van der Waals surface area contributed by atoms with Crippen molar-refractivity contribution in [3.8, 4) is 6.07 Å². The molecule has 0 spiro atoms. The first-order valence-corrected chi connectivity index (χ1v) is 6.30. The van der Waals surface area contributed by atoms with Crippen LogP contribution in [0.25, 0.3) is 0 Å². The van der Waals surface area contributed by atoms with Crippen molar-refractivity contribution < 1.29 is 13.2 Å². The first kappa shape index (κ1) is 13.9. The fraction of sp³-hybridized carbons (Fsp3) is 0.500. The molecule has 2 atom stereocenters. The maximum absolute atomic E-state index is 12.6. The zero-order valence-corrected chi connectivity index (χ0v) is 10.4. The fourth-order valence-corrected chi connectivity index (χ4v) is 2.47. The van der Waals surface area contributed by atoms with Gasteiger partial charge in [0.1, 0.15) is 0 Å². The molecule has 1 aromatic carbocycles. The van der Waals surface area contributed by atoms with Crippen molar-refractivity contribution >= 4 is 0 Å². The van der Waals surface area contributed by atoms with E-state index in [1.54, 1.807) is 6.07 Å². The lowest BCUT2D eigenvalue weighted by Crippen LogP contribution is -2.31. The standard InChI is InChI=1S/C14H15F3N2/c15-14(16,17)12-5-1-3-10(7-12)9-19-13-6-2-4-11(13)8-18/h1,3,5,7,11,13,19H,2,4,6,9H2. The lowest BCUT2D eigenvalue weighted by atomic mass is 10.0. The van der Waals surface area contributed by atoms with Gasteiger partial charge in [0.25, 0.3) is 0 Å². The molecule has 5 heteroatoms. The maximum atomic E-state index is 12.6. The Hall–Kier alpha value is -1.54. The van der Waals surface area contributed by atoms with Gasteiger partial charge in [-0.15, -0.1) is 0 Å². The Balaban J connectivity index is 1.99. The molecular formula is C14H15F3N2. The van der Waals surface area contributed by atoms with Crippen LogP contribution in [0.3, 0.4) is 0 Å². The fourth-order valence-electron chi connectivity index (χ4n) is 2.47. The van der Waals surface area contributed by atoms with E-state index in [4.69, 9.17) is 5.26 Å². The molecule has 0 bridgehead atoms. The summed E-state index contributed by atoms with van der Waals surface area (Å²) in [5.74, 6) is -0.0224. The van der Waals surface area contributed by atoms with Crippen LogP contribution in [0.1, 0.15) is 30.4 Å². The average Bonchev–Trinajstić information content (AvgIpc) is 2.83. The summed E-state index contributed by atoms with van der Waals surface area (Å²) in [7, 11) is 0. The van der Waals surface area contributed by atoms with E-state index < -0.39 is 11.7 Å². The zero-order chi connectivity index (χ0) is 13.9. The second kappa shape index (κ2) is 5.62. The molecule has 2 unspecified atom stereocenters. The van der Waals surface area contributed by atoms with Crippen LogP contribution in [0.15, 0.2) is 24.3 Å². The van der Waals surface area contributed by atoms with Gasteiger partial charge in [-0.05, 0) is 24.5 Å². The second-order valence-corrected chi connectivity index (χ2v) is 4.85. The van der Waals surface area contributed by atoms with Crippen LogP contribution < -0.4 is 5.32 Å². The average molecular weight is 268 g/mol. The number of rotatable bonds is 3. The van der Waals surface area contributed by atoms with E-state index in [1.165, 1.54) is 6.07 Å². The van der Waals surface area contributed by atoms with Crippen molar-refractivity contribution in [2.24, 2.45) is 5.92 Å². The zero-order valence-electron chi connectivity index (χ0n) is 10.4. The number of hydrogen-bond acceptors (Lipinski definition) is 2. The summed E-state index contributed by atoms with van der Waals surface area (Å²) in [5, 5.41) is 12.1. The number of halogens is 3. The van der Waals surface area contributed by atoms with Gasteiger partial charge < -0.3 is 5.32 Å². The summed E-state index contributed by atoms with van der Waals surface area (Å²) in [6, 6.07) is 7.64. The molecule has 0 radical (unpaired) electrons. The van der Waals surface area contributed by atoms with Gasteiger partial charge in [-0.25, -0.2) is 0 Å². The lowest BCUT2D eigenvalue weighted by molar-refractivity contribution is -0.137. The molecule has 0 aliphatic heterocycles.